The lowest BCUT2D eigenvalue weighted by molar-refractivity contribution is -0.127. The number of hydrogen-bond acceptors (Lipinski definition) is 3. The van der Waals surface area contributed by atoms with E-state index in [1.807, 2.05) is 24.3 Å². The SMILES string of the molecule is O=C1C[C@H](C(=O)N[C@@H]2CCOc3ccccc32)c2ccc(F)cc2N1. The highest BCUT2D eigenvalue weighted by atomic mass is 19.1. The molecule has 0 aliphatic carbocycles. The number of anilines is 1. The van der Waals surface area contributed by atoms with Crippen molar-refractivity contribution < 1.29 is 18.7 Å². The summed E-state index contributed by atoms with van der Waals surface area (Å²) >= 11 is 0. The molecule has 2 aromatic rings. The summed E-state index contributed by atoms with van der Waals surface area (Å²) in [6.07, 6.45) is 0.716. The minimum Gasteiger partial charge on any atom is -0.493 e. The van der Waals surface area contributed by atoms with Gasteiger partial charge in [-0.05, 0) is 23.8 Å². The number of halogens is 1. The van der Waals surface area contributed by atoms with E-state index in [9.17, 15) is 14.0 Å². The zero-order chi connectivity index (χ0) is 17.4. The number of carbonyl (C=O) groups excluding carboxylic acids is 2. The maximum Gasteiger partial charge on any atom is 0.228 e. The minimum atomic E-state index is -0.626. The Balaban J connectivity index is 1.60. The molecule has 0 fully saturated rings. The molecule has 0 saturated heterocycles. The van der Waals surface area contributed by atoms with Crippen molar-refractivity contribution in [2.75, 3.05) is 11.9 Å². The van der Waals surface area contributed by atoms with E-state index in [-0.39, 0.29) is 24.3 Å². The Morgan fingerprint density at radius 1 is 1.20 bits per heavy atom. The molecular formula is C19H17FN2O3. The van der Waals surface area contributed by atoms with Gasteiger partial charge in [0, 0.05) is 24.1 Å². The third-order valence-electron chi connectivity index (χ3n) is 4.65. The Kier molecular flexibility index (Phi) is 3.87. The maximum absolute atomic E-state index is 13.4. The van der Waals surface area contributed by atoms with Gasteiger partial charge in [-0.1, -0.05) is 24.3 Å². The van der Waals surface area contributed by atoms with Gasteiger partial charge in [-0.2, -0.15) is 0 Å². The molecule has 0 spiro atoms. The molecule has 128 valence electrons. The Morgan fingerprint density at radius 3 is 2.92 bits per heavy atom. The smallest absolute Gasteiger partial charge is 0.228 e. The number of carbonyl (C=O) groups is 2. The van der Waals surface area contributed by atoms with Crippen LogP contribution in [-0.4, -0.2) is 18.4 Å². The molecule has 0 radical (unpaired) electrons. The summed E-state index contributed by atoms with van der Waals surface area (Å²) in [4.78, 5) is 24.8. The van der Waals surface area contributed by atoms with Crippen LogP contribution in [0.2, 0.25) is 0 Å². The predicted octanol–water partition coefficient (Wildman–Crippen LogP) is 2.89. The van der Waals surface area contributed by atoms with Crippen LogP contribution in [0.5, 0.6) is 5.75 Å². The lowest BCUT2D eigenvalue weighted by Gasteiger charge is -2.30. The van der Waals surface area contributed by atoms with Crippen molar-refractivity contribution in [3.63, 3.8) is 0 Å². The van der Waals surface area contributed by atoms with Crippen LogP contribution >= 0.6 is 0 Å². The fraction of sp³-hybridized carbons (Fsp3) is 0.263. The number of fused-ring (bicyclic) bond motifs is 2. The van der Waals surface area contributed by atoms with Gasteiger partial charge < -0.3 is 15.4 Å². The second-order valence-electron chi connectivity index (χ2n) is 6.27. The molecule has 25 heavy (non-hydrogen) atoms. The number of nitrogens with one attached hydrogen (secondary N) is 2. The molecule has 2 aliphatic heterocycles. The Hall–Kier alpha value is -2.89. The molecule has 0 saturated carbocycles. The van der Waals surface area contributed by atoms with E-state index in [0.717, 1.165) is 11.3 Å². The summed E-state index contributed by atoms with van der Waals surface area (Å²) in [7, 11) is 0. The van der Waals surface area contributed by atoms with E-state index in [2.05, 4.69) is 10.6 Å². The van der Waals surface area contributed by atoms with E-state index in [0.29, 0.717) is 24.3 Å². The summed E-state index contributed by atoms with van der Waals surface area (Å²) in [6.45, 7) is 0.523. The average Bonchev–Trinajstić information content (AvgIpc) is 2.61. The zero-order valence-corrected chi connectivity index (χ0v) is 13.4. The average molecular weight is 340 g/mol. The predicted molar refractivity (Wildman–Crippen MR) is 89.8 cm³/mol. The molecular weight excluding hydrogens is 323 g/mol. The molecule has 5 nitrogen and oxygen atoms in total. The highest BCUT2D eigenvalue weighted by Crippen LogP contribution is 2.35. The van der Waals surface area contributed by atoms with E-state index in [1.165, 1.54) is 12.1 Å². The second kappa shape index (κ2) is 6.20. The van der Waals surface area contributed by atoms with Crippen molar-refractivity contribution in [1.82, 2.24) is 5.32 Å². The summed E-state index contributed by atoms with van der Waals surface area (Å²) in [5, 5.41) is 5.65. The molecule has 0 bridgehead atoms. The molecule has 2 aromatic carbocycles. The minimum absolute atomic E-state index is 0.0509. The lowest BCUT2D eigenvalue weighted by atomic mass is 9.89. The van der Waals surface area contributed by atoms with Crippen LogP contribution in [0.15, 0.2) is 42.5 Å². The molecule has 2 aliphatic rings. The number of rotatable bonds is 2. The summed E-state index contributed by atoms with van der Waals surface area (Å²) < 4.78 is 19.0. The first kappa shape index (κ1) is 15.6. The van der Waals surface area contributed by atoms with E-state index >= 15 is 0 Å². The van der Waals surface area contributed by atoms with Gasteiger partial charge in [0.15, 0.2) is 0 Å². The quantitative estimate of drug-likeness (QED) is 0.883. The maximum atomic E-state index is 13.4. The van der Waals surface area contributed by atoms with Crippen molar-refractivity contribution in [3.8, 4) is 5.75 Å². The molecule has 2 heterocycles. The highest BCUT2D eigenvalue weighted by molar-refractivity contribution is 6.01. The number of ether oxygens (including phenoxy) is 1. The number of benzene rings is 2. The fourth-order valence-corrected chi connectivity index (χ4v) is 3.44. The van der Waals surface area contributed by atoms with Crippen LogP contribution in [0, 0.1) is 5.82 Å². The first-order valence-electron chi connectivity index (χ1n) is 8.23. The van der Waals surface area contributed by atoms with Gasteiger partial charge in [0.2, 0.25) is 11.8 Å². The van der Waals surface area contributed by atoms with Gasteiger partial charge in [0.1, 0.15) is 11.6 Å². The van der Waals surface area contributed by atoms with Crippen LogP contribution in [0.1, 0.15) is 35.9 Å². The molecule has 0 unspecified atom stereocenters. The highest BCUT2D eigenvalue weighted by Gasteiger charge is 2.33. The van der Waals surface area contributed by atoms with Gasteiger partial charge in [-0.25, -0.2) is 4.39 Å². The van der Waals surface area contributed by atoms with Gasteiger partial charge in [0.25, 0.3) is 0 Å². The van der Waals surface area contributed by atoms with Crippen molar-refractivity contribution in [2.45, 2.75) is 24.8 Å². The molecule has 2 N–H and O–H groups in total. The van der Waals surface area contributed by atoms with Crippen molar-refractivity contribution in [2.24, 2.45) is 0 Å². The topological polar surface area (TPSA) is 67.4 Å². The number of hydrogen-bond donors (Lipinski definition) is 2. The van der Waals surface area contributed by atoms with Crippen molar-refractivity contribution in [1.29, 1.82) is 0 Å². The van der Waals surface area contributed by atoms with Crippen LogP contribution in [0.4, 0.5) is 10.1 Å². The molecule has 2 amide bonds. The Labute approximate surface area is 144 Å². The van der Waals surface area contributed by atoms with Gasteiger partial charge in [-0.15, -0.1) is 0 Å². The van der Waals surface area contributed by atoms with Gasteiger partial charge >= 0.3 is 0 Å². The van der Waals surface area contributed by atoms with Crippen LogP contribution < -0.4 is 15.4 Å². The fourth-order valence-electron chi connectivity index (χ4n) is 3.44. The molecule has 6 heteroatoms. The standard InChI is InChI=1S/C19H17FN2O3/c20-11-5-6-12-14(10-18(23)21-16(12)9-11)19(24)22-15-7-8-25-17-4-2-1-3-13(15)17/h1-6,9,14-15H,7-8,10H2,(H,21,23)(H,22,24)/t14-,15+/m0/s1. The van der Waals surface area contributed by atoms with Crippen molar-refractivity contribution >= 4 is 17.5 Å². The summed E-state index contributed by atoms with van der Waals surface area (Å²) in [5.41, 5.74) is 1.93. The lowest BCUT2D eigenvalue weighted by Crippen LogP contribution is -2.38. The van der Waals surface area contributed by atoms with Crippen LogP contribution in [-0.2, 0) is 9.59 Å². The molecule has 4 rings (SSSR count). The second-order valence-corrected chi connectivity index (χ2v) is 6.27. The zero-order valence-electron chi connectivity index (χ0n) is 13.4. The van der Waals surface area contributed by atoms with E-state index in [4.69, 9.17) is 4.74 Å². The Morgan fingerprint density at radius 2 is 2.04 bits per heavy atom. The largest absolute Gasteiger partial charge is 0.493 e. The summed E-state index contributed by atoms with van der Waals surface area (Å²) in [6, 6.07) is 11.5. The third-order valence-corrected chi connectivity index (χ3v) is 4.65. The van der Waals surface area contributed by atoms with Gasteiger partial charge in [0.05, 0.1) is 18.6 Å². The molecule has 2 atom stereocenters. The van der Waals surface area contributed by atoms with Crippen LogP contribution in [0.3, 0.4) is 0 Å². The number of amides is 2. The van der Waals surface area contributed by atoms with Crippen molar-refractivity contribution in [3.05, 3.63) is 59.4 Å². The van der Waals surface area contributed by atoms with E-state index in [1.54, 1.807) is 6.07 Å². The first-order chi connectivity index (χ1) is 12.1. The van der Waals surface area contributed by atoms with E-state index < -0.39 is 11.7 Å². The van der Waals surface area contributed by atoms with Gasteiger partial charge in [-0.3, -0.25) is 9.59 Å². The number of para-hydroxylation sites is 1. The third kappa shape index (κ3) is 2.95. The first-order valence-corrected chi connectivity index (χ1v) is 8.23. The normalized spacial score (nSPS) is 21.4. The molecule has 0 aromatic heterocycles. The Bertz CT molecular complexity index is 852. The summed E-state index contributed by atoms with van der Waals surface area (Å²) in [5.74, 6) is -0.823. The van der Waals surface area contributed by atoms with Crippen LogP contribution in [0.25, 0.3) is 0 Å². The monoisotopic (exact) mass is 340 g/mol.